The highest BCUT2D eigenvalue weighted by Crippen LogP contribution is 2.44. The SMILES string of the molecule is CSCC[C@@H](NC(=O)OCC1c2ccccc2-c2ccccc21)C(=O)O[C@H]1CC(=O)NC1=O. The summed E-state index contributed by atoms with van der Waals surface area (Å²) in [5.74, 6) is -1.44. The number of ether oxygens (including phenoxy) is 2. The third-order valence-electron chi connectivity index (χ3n) is 5.72. The summed E-state index contributed by atoms with van der Waals surface area (Å²) in [6, 6.07) is 15.0. The molecule has 2 N–H and O–H groups in total. The van der Waals surface area contributed by atoms with E-state index in [1.165, 1.54) is 11.8 Å². The van der Waals surface area contributed by atoms with Crippen molar-refractivity contribution in [3.8, 4) is 11.1 Å². The molecule has 2 aromatic carbocycles. The Balaban J connectivity index is 1.39. The molecular formula is C24H24N2O6S. The second-order valence-electron chi connectivity index (χ2n) is 7.85. The Kier molecular flexibility index (Phi) is 6.98. The third kappa shape index (κ3) is 5.03. The Morgan fingerprint density at radius 2 is 1.73 bits per heavy atom. The Morgan fingerprint density at radius 1 is 1.09 bits per heavy atom. The summed E-state index contributed by atoms with van der Waals surface area (Å²) in [5.41, 5.74) is 4.41. The second kappa shape index (κ2) is 10.1. The van der Waals surface area contributed by atoms with Crippen molar-refractivity contribution in [2.75, 3.05) is 18.6 Å². The van der Waals surface area contributed by atoms with Crippen LogP contribution in [0.5, 0.6) is 0 Å². The number of hydrogen-bond donors (Lipinski definition) is 2. The largest absolute Gasteiger partial charge is 0.450 e. The highest BCUT2D eigenvalue weighted by atomic mass is 32.2. The first-order valence-corrected chi connectivity index (χ1v) is 12.0. The molecule has 33 heavy (non-hydrogen) atoms. The lowest BCUT2D eigenvalue weighted by Crippen LogP contribution is -2.44. The zero-order chi connectivity index (χ0) is 23.4. The number of esters is 1. The van der Waals surface area contributed by atoms with E-state index >= 15 is 0 Å². The molecule has 0 spiro atoms. The molecular weight excluding hydrogens is 444 g/mol. The number of nitrogens with one attached hydrogen (secondary N) is 2. The molecule has 1 saturated heterocycles. The van der Waals surface area contributed by atoms with Crippen LogP contribution in [0.2, 0.25) is 0 Å². The van der Waals surface area contributed by atoms with Crippen molar-refractivity contribution in [2.24, 2.45) is 0 Å². The van der Waals surface area contributed by atoms with Gasteiger partial charge >= 0.3 is 12.1 Å². The van der Waals surface area contributed by atoms with Crippen LogP contribution in [0.3, 0.4) is 0 Å². The lowest BCUT2D eigenvalue weighted by Gasteiger charge is -2.20. The Bertz CT molecular complexity index is 1040. The number of alkyl carbamates (subject to hydrolysis) is 1. The van der Waals surface area contributed by atoms with E-state index in [4.69, 9.17) is 9.47 Å². The van der Waals surface area contributed by atoms with Crippen molar-refractivity contribution in [1.29, 1.82) is 0 Å². The van der Waals surface area contributed by atoms with E-state index < -0.39 is 36.0 Å². The van der Waals surface area contributed by atoms with Crippen LogP contribution in [0, 0.1) is 0 Å². The molecule has 9 heteroatoms. The summed E-state index contributed by atoms with van der Waals surface area (Å²) >= 11 is 1.50. The van der Waals surface area contributed by atoms with Crippen LogP contribution in [0.1, 0.15) is 29.9 Å². The molecule has 1 aliphatic heterocycles. The van der Waals surface area contributed by atoms with Gasteiger partial charge in [-0.3, -0.25) is 14.9 Å². The number of benzene rings is 2. The fraction of sp³-hybridized carbons (Fsp3) is 0.333. The smallest absolute Gasteiger partial charge is 0.407 e. The number of imide groups is 1. The maximum Gasteiger partial charge on any atom is 0.407 e. The van der Waals surface area contributed by atoms with Gasteiger partial charge in [0.2, 0.25) is 5.91 Å². The average Bonchev–Trinajstić information content (AvgIpc) is 3.30. The normalized spacial score (nSPS) is 17.7. The fourth-order valence-electron chi connectivity index (χ4n) is 4.11. The lowest BCUT2D eigenvalue weighted by molar-refractivity contribution is -0.156. The minimum atomic E-state index is -1.17. The maximum absolute atomic E-state index is 12.6. The molecule has 3 amide bonds. The van der Waals surface area contributed by atoms with Gasteiger partial charge in [-0.05, 0) is 40.7 Å². The van der Waals surface area contributed by atoms with E-state index in [1.54, 1.807) is 0 Å². The Hall–Kier alpha value is -3.33. The predicted molar refractivity (Wildman–Crippen MR) is 123 cm³/mol. The van der Waals surface area contributed by atoms with Crippen LogP contribution in [0.25, 0.3) is 11.1 Å². The quantitative estimate of drug-likeness (QED) is 0.453. The standard InChI is InChI=1S/C24H24N2O6S/c1-33-11-10-19(23(29)32-20-12-21(27)26-22(20)28)25-24(30)31-13-18-16-8-4-2-6-14(16)15-7-3-5-9-17(15)18/h2-9,18-20H,10-13H2,1H3,(H,25,30)(H,26,27,28)/t19-,20+/m1/s1. The van der Waals surface area contributed by atoms with Gasteiger partial charge in [-0.15, -0.1) is 0 Å². The summed E-state index contributed by atoms with van der Waals surface area (Å²) in [6.45, 7) is 0.115. The van der Waals surface area contributed by atoms with Crippen LogP contribution in [0.15, 0.2) is 48.5 Å². The van der Waals surface area contributed by atoms with Crippen molar-refractivity contribution >= 4 is 35.6 Å². The molecule has 2 atom stereocenters. The molecule has 0 bridgehead atoms. The molecule has 0 radical (unpaired) electrons. The Morgan fingerprint density at radius 3 is 2.30 bits per heavy atom. The summed E-state index contributed by atoms with van der Waals surface area (Å²) in [4.78, 5) is 48.2. The zero-order valence-corrected chi connectivity index (χ0v) is 18.9. The third-order valence-corrected chi connectivity index (χ3v) is 6.36. The number of fused-ring (bicyclic) bond motifs is 3. The number of amides is 3. The molecule has 1 fully saturated rings. The van der Waals surface area contributed by atoms with Gasteiger partial charge in [-0.2, -0.15) is 11.8 Å². The van der Waals surface area contributed by atoms with E-state index in [-0.39, 0.29) is 18.9 Å². The highest BCUT2D eigenvalue weighted by molar-refractivity contribution is 7.98. The fourth-order valence-corrected chi connectivity index (χ4v) is 4.59. The molecule has 0 saturated carbocycles. The first-order valence-electron chi connectivity index (χ1n) is 10.6. The van der Waals surface area contributed by atoms with E-state index in [0.29, 0.717) is 12.2 Å². The molecule has 1 heterocycles. The van der Waals surface area contributed by atoms with Crippen LogP contribution >= 0.6 is 11.8 Å². The molecule has 4 rings (SSSR count). The molecule has 2 aliphatic rings. The zero-order valence-electron chi connectivity index (χ0n) is 18.0. The minimum Gasteiger partial charge on any atom is -0.450 e. The van der Waals surface area contributed by atoms with Gasteiger partial charge in [0.25, 0.3) is 5.91 Å². The summed E-state index contributed by atoms with van der Waals surface area (Å²) in [7, 11) is 0. The highest BCUT2D eigenvalue weighted by Gasteiger charge is 2.36. The van der Waals surface area contributed by atoms with Crippen molar-refractivity contribution in [3.63, 3.8) is 0 Å². The lowest BCUT2D eigenvalue weighted by atomic mass is 9.98. The number of carbonyl (C=O) groups excluding carboxylic acids is 4. The van der Waals surface area contributed by atoms with E-state index in [1.807, 2.05) is 54.8 Å². The first kappa shape index (κ1) is 22.8. The number of rotatable bonds is 8. The second-order valence-corrected chi connectivity index (χ2v) is 8.83. The minimum absolute atomic E-state index is 0.104. The van der Waals surface area contributed by atoms with Crippen LogP contribution in [-0.2, 0) is 23.9 Å². The van der Waals surface area contributed by atoms with Crippen molar-refractivity contribution in [1.82, 2.24) is 10.6 Å². The first-order chi connectivity index (χ1) is 16.0. The van der Waals surface area contributed by atoms with Crippen LogP contribution in [-0.4, -0.2) is 54.6 Å². The van der Waals surface area contributed by atoms with Gasteiger partial charge in [0.1, 0.15) is 12.6 Å². The van der Waals surface area contributed by atoms with Gasteiger partial charge in [-0.25, -0.2) is 9.59 Å². The molecule has 2 aromatic rings. The van der Waals surface area contributed by atoms with E-state index in [0.717, 1.165) is 22.3 Å². The summed E-state index contributed by atoms with van der Waals surface area (Å²) < 4.78 is 10.7. The van der Waals surface area contributed by atoms with Gasteiger partial charge < -0.3 is 14.8 Å². The summed E-state index contributed by atoms with van der Waals surface area (Å²) in [6.07, 6.45) is 0.0358. The van der Waals surface area contributed by atoms with Crippen LogP contribution < -0.4 is 10.6 Å². The van der Waals surface area contributed by atoms with E-state index in [9.17, 15) is 19.2 Å². The van der Waals surface area contributed by atoms with Crippen molar-refractivity contribution < 1.29 is 28.7 Å². The number of hydrogen-bond acceptors (Lipinski definition) is 7. The molecule has 8 nitrogen and oxygen atoms in total. The predicted octanol–water partition coefficient (Wildman–Crippen LogP) is 2.61. The maximum atomic E-state index is 12.6. The van der Waals surface area contributed by atoms with E-state index in [2.05, 4.69) is 10.6 Å². The topological polar surface area (TPSA) is 111 Å². The summed E-state index contributed by atoms with van der Waals surface area (Å²) in [5, 5.41) is 4.65. The monoisotopic (exact) mass is 468 g/mol. The average molecular weight is 469 g/mol. The molecule has 1 aliphatic carbocycles. The van der Waals surface area contributed by atoms with Crippen molar-refractivity contribution in [3.05, 3.63) is 59.7 Å². The van der Waals surface area contributed by atoms with Gasteiger partial charge in [0, 0.05) is 5.92 Å². The molecule has 0 aromatic heterocycles. The number of carbonyl (C=O) groups is 4. The van der Waals surface area contributed by atoms with Crippen molar-refractivity contribution in [2.45, 2.75) is 30.9 Å². The molecule has 0 unspecified atom stereocenters. The molecule has 172 valence electrons. The number of thioether (sulfide) groups is 1. The van der Waals surface area contributed by atoms with Gasteiger partial charge in [0.15, 0.2) is 6.10 Å². The van der Waals surface area contributed by atoms with Gasteiger partial charge in [-0.1, -0.05) is 48.5 Å². The van der Waals surface area contributed by atoms with Crippen LogP contribution in [0.4, 0.5) is 4.79 Å². The Labute approximate surface area is 195 Å². The van der Waals surface area contributed by atoms with Gasteiger partial charge in [0.05, 0.1) is 6.42 Å².